The molecule has 134 valence electrons. The topological polar surface area (TPSA) is 44.8 Å². The monoisotopic (exact) mass is 350 g/mol. The molecule has 0 heterocycles. The lowest BCUT2D eigenvalue weighted by Crippen LogP contribution is -2.17. The number of carbonyl (C=O) groups excluding carboxylic acids is 1. The molecule has 0 unspecified atom stereocenters. The minimum absolute atomic E-state index is 0.165. The van der Waals surface area contributed by atoms with Crippen LogP contribution in [0.25, 0.3) is 10.8 Å². The van der Waals surface area contributed by atoms with E-state index in [0.29, 0.717) is 18.1 Å². The zero-order valence-electron chi connectivity index (χ0n) is 14.8. The van der Waals surface area contributed by atoms with Crippen molar-refractivity contribution >= 4 is 16.7 Å². The molecular weight excluding hydrogens is 328 g/mol. The van der Waals surface area contributed by atoms with Crippen LogP contribution in [0.3, 0.4) is 0 Å². The standard InChI is InChI=1S/C22H22O4/c1-2-3-14-24-18-10-7-11-19(15-18)25-16-22(23)26-21-13-6-9-17-8-4-5-12-20(17)21/h4-13,15H,2-3,14,16H2,1H3. The lowest BCUT2D eigenvalue weighted by atomic mass is 10.1. The molecule has 0 N–H and O–H groups in total. The molecule has 0 aromatic heterocycles. The smallest absolute Gasteiger partial charge is 0.349 e. The Labute approximate surface area is 153 Å². The molecule has 0 bridgehead atoms. The van der Waals surface area contributed by atoms with Crippen LogP contribution in [-0.4, -0.2) is 19.2 Å². The molecule has 3 rings (SSSR count). The maximum atomic E-state index is 12.1. The summed E-state index contributed by atoms with van der Waals surface area (Å²) >= 11 is 0. The number of benzene rings is 3. The van der Waals surface area contributed by atoms with Crippen molar-refractivity contribution in [2.75, 3.05) is 13.2 Å². The van der Waals surface area contributed by atoms with E-state index in [2.05, 4.69) is 6.92 Å². The van der Waals surface area contributed by atoms with Crippen molar-refractivity contribution in [2.24, 2.45) is 0 Å². The lowest BCUT2D eigenvalue weighted by molar-refractivity contribution is -0.136. The van der Waals surface area contributed by atoms with Gasteiger partial charge in [-0.05, 0) is 30.0 Å². The Morgan fingerprint density at radius 2 is 1.62 bits per heavy atom. The van der Waals surface area contributed by atoms with Gasteiger partial charge in [0.05, 0.1) is 6.61 Å². The molecule has 4 nitrogen and oxygen atoms in total. The quantitative estimate of drug-likeness (QED) is 0.326. The molecule has 0 radical (unpaired) electrons. The van der Waals surface area contributed by atoms with Crippen molar-refractivity contribution in [3.05, 3.63) is 66.7 Å². The summed E-state index contributed by atoms with van der Waals surface area (Å²) in [6.07, 6.45) is 2.08. The summed E-state index contributed by atoms with van der Waals surface area (Å²) in [6, 6.07) is 20.7. The fourth-order valence-corrected chi connectivity index (χ4v) is 2.57. The van der Waals surface area contributed by atoms with Crippen LogP contribution in [-0.2, 0) is 4.79 Å². The van der Waals surface area contributed by atoms with Gasteiger partial charge in [-0.15, -0.1) is 0 Å². The second kappa shape index (κ2) is 8.90. The van der Waals surface area contributed by atoms with Crippen molar-refractivity contribution in [3.63, 3.8) is 0 Å². The van der Waals surface area contributed by atoms with Crippen molar-refractivity contribution in [2.45, 2.75) is 19.8 Å². The fourth-order valence-electron chi connectivity index (χ4n) is 2.57. The summed E-state index contributed by atoms with van der Waals surface area (Å²) in [5, 5.41) is 1.92. The van der Waals surface area contributed by atoms with E-state index in [0.717, 1.165) is 29.4 Å². The van der Waals surface area contributed by atoms with Crippen LogP contribution in [0.1, 0.15) is 19.8 Å². The van der Waals surface area contributed by atoms with Crippen LogP contribution in [0.4, 0.5) is 0 Å². The van der Waals surface area contributed by atoms with Gasteiger partial charge in [0, 0.05) is 11.5 Å². The summed E-state index contributed by atoms with van der Waals surface area (Å²) in [5.41, 5.74) is 0. The van der Waals surface area contributed by atoms with Gasteiger partial charge < -0.3 is 14.2 Å². The second-order valence-corrected chi connectivity index (χ2v) is 5.92. The SMILES string of the molecule is CCCCOc1cccc(OCC(=O)Oc2cccc3ccccc23)c1. The molecule has 3 aromatic carbocycles. The number of ether oxygens (including phenoxy) is 3. The molecular formula is C22H22O4. The second-order valence-electron chi connectivity index (χ2n) is 5.92. The first kappa shape index (κ1) is 17.8. The highest BCUT2D eigenvalue weighted by Gasteiger charge is 2.09. The molecule has 4 heteroatoms. The van der Waals surface area contributed by atoms with Gasteiger partial charge in [0.2, 0.25) is 0 Å². The molecule has 3 aromatic rings. The van der Waals surface area contributed by atoms with E-state index in [4.69, 9.17) is 14.2 Å². The number of hydrogen-bond donors (Lipinski definition) is 0. The van der Waals surface area contributed by atoms with E-state index in [9.17, 15) is 4.79 Å². The number of rotatable bonds is 8. The third-order valence-electron chi connectivity index (χ3n) is 3.90. The number of esters is 1. The van der Waals surface area contributed by atoms with E-state index in [1.165, 1.54) is 0 Å². The number of unbranched alkanes of at least 4 members (excludes halogenated alkanes) is 1. The summed E-state index contributed by atoms with van der Waals surface area (Å²) in [4.78, 5) is 12.1. The summed E-state index contributed by atoms with van der Waals surface area (Å²) in [7, 11) is 0. The molecule has 0 atom stereocenters. The highest BCUT2D eigenvalue weighted by molar-refractivity contribution is 5.90. The third-order valence-corrected chi connectivity index (χ3v) is 3.90. The minimum Gasteiger partial charge on any atom is -0.493 e. The van der Waals surface area contributed by atoms with Crippen molar-refractivity contribution in [3.8, 4) is 17.2 Å². The molecule has 0 saturated carbocycles. The van der Waals surface area contributed by atoms with Crippen LogP contribution in [0.2, 0.25) is 0 Å². The fraction of sp³-hybridized carbons (Fsp3) is 0.227. The van der Waals surface area contributed by atoms with Crippen molar-refractivity contribution < 1.29 is 19.0 Å². The van der Waals surface area contributed by atoms with Gasteiger partial charge in [-0.3, -0.25) is 0 Å². The molecule has 0 amide bonds. The number of fused-ring (bicyclic) bond motifs is 1. The van der Waals surface area contributed by atoms with E-state index in [1.807, 2.05) is 48.5 Å². The molecule has 0 aliphatic rings. The average molecular weight is 350 g/mol. The van der Waals surface area contributed by atoms with Gasteiger partial charge in [-0.2, -0.15) is 0 Å². The number of hydrogen-bond acceptors (Lipinski definition) is 4. The van der Waals surface area contributed by atoms with E-state index in [-0.39, 0.29) is 6.61 Å². The predicted octanol–water partition coefficient (Wildman–Crippen LogP) is 5.00. The van der Waals surface area contributed by atoms with E-state index >= 15 is 0 Å². The molecule has 0 spiro atoms. The highest BCUT2D eigenvalue weighted by Crippen LogP contribution is 2.25. The van der Waals surface area contributed by atoms with E-state index < -0.39 is 5.97 Å². The van der Waals surface area contributed by atoms with Crippen molar-refractivity contribution in [1.82, 2.24) is 0 Å². The summed E-state index contributed by atoms with van der Waals surface area (Å²) in [6.45, 7) is 2.62. The first-order chi connectivity index (χ1) is 12.8. The maximum absolute atomic E-state index is 12.1. The molecule has 0 aliphatic carbocycles. The zero-order chi connectivity index (χ0) is 18.2. The summed E-state index contributed by atoms with van der Waals surface area (Å²) in [5.74, 6) is 1.40. The largest absolute Gasteiger partial charge is 0.493 e. The van der Waals surface area contributed by atoms with Crippen LogP contribution in [0.5, 0.6) is 17.2 Å². The normalized spacial score (nSPS) is 10.5. The molecule has 0 fully saturated rings. The Hall–Kier alpha value is -3.01. The van der Waals surface area contributed by atoms with Gasteiger partial charge in [-0.25, -0.2) is 4.79 Å². The third kappa shape index (κ3) is 4.76. The molecule has 26 heavy (non-hydrogen) atoms. The van der Waals surface area contributed by atoms with Crippen LogP contribution in [0, 0.1) is 0 Å². The zero-order valence-corrected chi connectivity index (χ0v) is 14.8. The van der Waals surface area contributed by atoms with Crippen LogP contribution in [0.15, 0.2) is 66.7 Å². The van der Waals surface area contributed by atoms with E-state index in [1.54, 1.807) is 18.2 Å². The Morgan fingerprint density at radius 3 is 2.46 bits per heavy atom. The van der Waals surface area contributed by atoms with Gasteiger partial charge in [0.1, 0.15) is 17.2 Å². The van der Waals surface area contributed by atoms with Gasteiger partial charge in [0.25, 0.3) is 0 Å². The van der Waals surface area contributed by atoms with Crippen molar-refractivity contribution in [1.29, 1.82) is 0 Å². The van der Waals surface area contributed by atoms with Crippen LogP contribution < -0.4 is 14.2 Å². The van der Waals surface area contributed by atoms with Crippen LogP contribution >= 0.6 is 0 Å². The average Bonchev–Trinajstić information content (AvgIpc) is 2.67. The predicted molar refractivity (Wildman–Crippen MR) is 102 cm³/mol. The summed E-state index contributed by atoms with van der Waals surface area (Å²) < 4.78 is 16.6. The Balaban J connectivity index is 1.58. The molecule has 0 aliphatic heterocycles. The van der Waals surface area contributed by atoms with Gasteiger partial charge >= 0.3 is 5.97 Å². The van der Waals surface area contributed by atoms with Gasteiger partial charge in [-0.1, -0.05) is 55.8 Å². The highest BCUT2D eigenvalue weighted by atomic mass is 16.6. The van der Waals surface area contributed by atoms with Gasteiger partial charge in [0.15, 0.2) is 6.61 Å². The molecule has 0 saturated heterocycles. The lowest BCUT2D eigenvalue weighted by Gasteiger charge is -2.10. The Bertz CT molecular complexity index is 867. The first-order valence-electron chi connectivity index (χ1n) is 8.80. The minimum atomic E-state index is -0.446. The number of carbonyl (C=O) groups is 1. The maximum Gasteiger partial charge on any atom is 0.349 e. The Morgan fingerprint density at radius 1 is 0.885 bits per heavy atom. The first-order valence-corrected chi connectivity index (χ1v) is 8.80. The Kier molecular flexibility index (Phi) is 6.09.